The molecular weight excluding hydrogens is 388 g/mol. The Labute approximate surface area is 172 Å². The Bertz CT molecular complexity index is 1070. The molecule has 0 bridgehead atoms. The van der Waals surface area contributed by atoms with E-state index in [1.165, 1.54) is 29.0 Å². The number of carbonyl (C=O) groups is 1. The molecule has 2 aromatic heterocycles. The van der Waals surface area contributed by atoms with Crippen LogP contribution in [0.5, 0.6) is 0 Å². The normalized spacial score (nSPS) is 15.0. The quantitative estimate of drug-likeness (QED) is 0.697. The topological polar surface area (TPSA) is 76.5 Å². The van der Waals surface area contributed by atoms with Crippen molar-refractivity contribution in [3.05, 3.63) is 57.5 Å². The van der Waals surface area contributed by atoms with E-state index >= 15 is 0 Å². The molecule has 4 rings (SSSR count). The van der Waals surface area contributed by atoms with Crippen LogP contribution in [-0.2, 0) is 22.6 Å². The van der Waals surface area contributed by atoms with Crippen LogP contribution in [0.25, 0.3) is 10.2 Å². The highest BCUT2D eigenvalue weighted by molar-refractivity contribution is 7.22. The van der Waals surface area contributed by atoms with Crippen molar-refractivity contribution in [1.29, 1.82) is 0 Å². The van der Waals surface area contributed by atoms with Crippen LogP contribution >= 0.6 is 11.3 Å². The number of nitrogens with one attached hydrogen (secondary N) is 1. The van der Waals surface area contributed by atoms with Crippen LogP contribution < -0.4 is 10.7 Å². The Morgan fingerprint density at radius 3 is 2.62 bits per heavy atom. The van der Waals surface area contributed by atoms with E-state index in [2.05, 4.69) is 27.3 Å². The van der Waals surface area contributed by atoms with Crippen molar-refractivity contribution in [2.45, 2.75) is 26.9 Å². The molecule has 1 N–H and O–H groups in total. The Morgan fingerprint density at radius 1 is 1.17 bits per heavy atom. The van der Waals surface area contributed by atoms with Crippen molar-refractivity contribution in [2.75, 3.05) is 31.6 Å². The maximum atomic E-state index is 12.5. The summed E-state index contributed by atoms with van der Waals surface area (Å²) in [5.74, 6) is -0.160. The highest BCUT2D eigenvalue weighted by Crippen LogP contribution is 2.27. The number of aromatic nitrogens is 2. The number of carbonyl (C=O) groups excluding carboxylic acids is 1. The van der Waals surface area contributed by atoms with E-state index < -0.39 is 0 Å². The van der Waals surface area contributed by atoms with Crippen molar-refractivity contribution in [1.82, 2.24) is 14.5 Å². The largest absolute Gasteiger partial charge is 0.379 e. The number of nitrogens with zero attached hydrogens (tertiary/aromatic N) is 3. The third-order valence-electron chi connectivity index (χ3n) is 5.06. The van der Waals surface area contributed by atoms with E-state index in [9.17, 15) is 9.59 Å². The smallest absolute Gasteiger partial charge is 0.246 e. The van der Waals surface area contributed by atoms with E-state index in [0.717, 1.165) is 54.5 Å². The number of benzene rings is 1. The molecular formula is C21H24N4O3S. The summed E-state index contributed by atoms with van der Waals surface area (Å²) in [5.41, 5.74) is 3.60. The van der Waals surface area contributed by atoms with Gasteiger partial charge in [0.05, 0.1) is 23.4 Å². The highest BCUT2D eigenvalue weighted by atomic mass is 32.1. The second kappa shape index (κ2) is 8.44. The maximum Gasteiger partial charge on any atom is 0.246 e. The molecule has 152 valence electrons. The molecule has 3 heterocycles. The molecule has 8 heteroatoms. The lowest BCUT2D eigenvalue weighted by Gasteiger charge is -2.26. The van der Waals surface area contributed by atoms with Gasteiger partial charge in [0.2, 0.25) is 5.91 Å². The predicted octanol–water partition coefficient (Wildman–Crippen LogP) is 2.55. The minimum atomic E-state index is -0.160. The number of thiazole rings is 1. The maximum absolute atomic E-state index is 12.5. The molecule has 1 aliphatic rings. The monoisotopic (exact) mass is 412 g/mol. The third-order valence-corrected chi connectivity index (χ3v) is 6.00. The molecule has 0 radical (unpaired) electrons. The third kappa shape index (κ3) is 4.72. The first kappa shape index (κ1) is 19.8. The van der Waals surface area contributed by atoms with Gasteiger partial charge >= 0.3 is 0 Å². The lowest BCUT2D eigenvalue weighted by atomic mass is 10.2. The molecule has 0 spiro atoms. The van der Waals surface area contributed by atoms with Crippen molar-refractivity contribution >= 4 is 32.6 Å². The number of aryl methyl sites for hydroxylation is 2. The standard InChI is InChI=1S/C21H24N4O3S/c1-14-9-17(26)10-15(2)25(14)13-20(27)23-21-22-18-4-3-16(11-19(18)29-21)12-24-5-7-28-8-6-24/h3-4,9-11H,5-8,12-13H2,1-2H3,(H,22,23,27). The average molecular weight is 413 g/mol. The van der Waals surface area contributed by atoms with Crippen LogP contribution in [0.1, 0.15) is 17.0 Å². The molecule has 7 nitrogen and oxygen atoms in total. The Kier molecular flexibility index (Phi) is 5.75. The molecule has 0 aliphatic carbocycles. The fraction of sp³-hybridized carbons (Fsp3) is 0.381. The van der Waals surface area contributed by atoms with Crippen LogP contribution in [0.2, 0.25) is 0 Å². The minimum Gasteiger partial charge on any atom is -0.379 e. The minimum absolute atomic E-state index is 0.0456. The van der Waals surface area contributed by atoms with Gasteiger partial charge in [0.15, 0.2) is 10.6 Å². The van der Waals surface area contributed by atoms with Gasteiger partial charge in [-0.15, -0.1) is 0 Å². The van der Waals surface area contributed by atoms with Gasteiger partial charge < -0.3 is 14.6 Å². The highest BCUT2D eigenvalue weighted by Gasteiger charge is 2.13. The van der Waals surface area contributed by atoms with Gasteiger partial charge in [-0.05, 0) is 31.5 Å². The Hall–Kier alpha value is -2.55. The summed E-state index contributed by atoms with van der Waals surface area (Å²) in [7, 11) is 0. The van der Waals surface area contributed by atoms with Crippen LogP contribution in [0.3, 0.4) is 0 Å². The lowest BCUT2D eigenvalue weighted by Crippen LogP contribution is -2.35. The summed E-state index contributed by atoms with van der Waals surface area (Å²) in [6, 6.07) is 9.32. The molecule has 1 aliphatic heterocycles. The van der Waals surface area contributed by atoms with Crippen LogP contribution in [0.4, 0.5) is 5.13 Å². The van der Waals surface area contributed by atoms with Gasteiger partial charge in [-0.25, -0.2) is 4.98 Å². The Morgan fingerprint density at radius 2 is 1.90 bits per heavy atom. The molecule has 3 aromatic rings. The fourth-order valence-corrected chi connectivity index (χ4v) is 4.52. The summed E-state index contributed by atoms with van der Waals surface area (Å²) < 4.78 is 8.29. The number of hydrogen-bond donors (Lipinski definition) is 1. The van der Waals surface area contributed by atoms with Gasteiger partial charge in [-0.2, -0.15) is 0 Å². The zero-order valence-electron chi connectivity index (χ0n) is 16.6. The summed E-state index contributed by atoms with van der Waals surface area (Å²) in [6.45, 7) is 8.17. The van der Waals surface area contributed by atoms with E-state index in [4.69, 9.17) is 4.74 Å². The van der Waals surface area contributed by atoms with Crippen LogP contribution in [0.15, 0.2) is 35.1 Å². The summed E-state index contributed by atoms with van der Waals surface area (Å²) in [6.07, 6.45) is 0. The fourth-order valence-electron chi connectivity index (χ4n) is 3.58. The number of rotatable bonds is 5. The van der Waals surface area contributed by atoms with E-state index in [1.807, 2.05) is 24.5 Å². The number of ether oxygens (including phenoxy) is 1. The molecule has 0 unspecified atom stereocenters. The number of hydrogen-bond acceptors (Lipinski definition) is 6. The van der Waals surface area contributed by atoms with Crippen molar-refractivity contribution in [3.8, 4) is 0 Å². The first-order valence-corrected chi connectivity index (χ1v) is 10.5. The second-order valence-corrected chi connectivity index (χ2v) is 8.35. The van der Waals surface area contributed by atoms with Crippen LogP contribution in [0, 0.1) is 13.8 Å². The zero-order chi connectivity index (χ0) is 20.4. The van der Waals surface area contributed by atoms with Gasteiger partial charge in [-0.3, -0.25) is 14.5 Å². The molecule has 29 heavy (non-hydrogen) atoms. The summed E-state index contributed by atoms with van der Waals surface area (Å²) in [5, 5.41) is 3.48. The van der Waals surface area contributed by atoms with Gasteiger partial charge in [0, 0.05) is 43.2 Å². The van der Waals surface area contributed by atoms with E-state index in [1.54, 1.807) is 0 Å². The van der Waals surface area contributed by atoms with Gasteiger partial charge in [0.1, 0.15) is 6.54 Å². The van der Waals surface area contributed by atoms with Gasteiger partial charge in [-0.1, -0.05) is 17.4 Å². The summed E-state index contributed by atoms with van der Waals surface area (Å²) >= 11 is 1.48. The molecule has 1 saturated heterocycles. The number of pyridine rings is 1. The van der Waals surface area contributed by atoms with Crippen molar-refractivity contribution in [2.24, 2.45) is 0 Å². The van der Waals surface area contributed by atoms with Crippen LogP contribution in [-0.4, -0.2) is 46.7 Å². The Balaban J connectivity index is 1.45. The molecule has 0 saturated carbocycles. The number of morpholine rings is 1. The number of amides is 1. The van der Waals surface area contributed by atoms with E-state index in [-0.39, 0.29) is 17.9 Å². The first-order chi connectivity index (χ1) is 14.0. The number of fused-ring (bicyclic) bond motifs is 1. The zero-order valence-corrected chi connectivity index (χ0v) is 17.4. The van der Waals surface area contributed by atoms with Gasteiger partial charge in [0.25, 0.3) is 0 Å². The lowest BCUT2D eigenvalue weighted by molar-refractivity contribution is -0.116. The van der Waals surface area contributed by atoms with E-state index in [0.29, 0.717) is 5.13 Å². The summed E-state index contributed by atoms with van der Waals surface area (Å²) in [4.78, 5) is 31.0. The number of anilines is 1. The molecule has 1 fully saturated rings. The van der Waals surface area contributed by atoms with Crippen molar-refractivity contribution < 1.29 is 9.53 Å². The first-order valence-electron chi connectivity index (χ1n) is 9.65. The average Bonchev–Trinajstić information content (AvgIpc) is 3.07. The molecule has 0 atom stereocenters. The van der Waals surface area contributed by atoms with Crippen molar-refractivity contribution in [3.63, 3.8) is 0 Å². The second-order valence-electron chi connectivity index (χ2n) is 7.32. The SMILES string of the molecule is Cc1cc(=O)cc(C)n1CC(=O)Nc1nc2ccc(CN3CCOCC3)cc2s1. The molecule has 1 aromatic carbocycles. The predicted molar refractivity (Wildman–Crippen MR) is 115 cm³/mol. The molecule has 1 amide bonds.